The van der Waals surface area contributed by atoms with Crippen molar-refractivity contribution in [1.82, 2.24) is 4.57 Å². The number of anilines is 2. The van der Waals surface area contributed by atoms with E-state index in [0.717, 1.165) is 18.5 Å². The van der Waals surface area contributed by atoms with E-state index in [2.05, 4.69) is 5.32 Å². The second kappa shape index (κ2) is 2.82. The van der Waals surface area contributed by atoms with Crippen molar-refractivity contribution in [3.63, 3.8) is 0 Å². The van der Waals surface area contributed by atoms with E-state index < -0.39 is 11.5 Å². The number of aromatic nitrogens is 1. The highest BCUT2D eigenvalue weighted by atomic mass is 16.4. The van der Waals surface area contributed by atoms with Crippen molar-refractivity contribution >= 4 is 23.3 Å². The van der Waals surface area contributed by atoms with Gasteiger partial charge in [0.2, 0.25) is 5.91 Å². The van der Waals surface area contributed by atoms with Crippen molar-refractivity contribution in [2.45, 2.75) is 18.4 Å². The summed E-state index contributed by atoms with van der Waals surface area (Å²) in [5.74, 6) is -1.13. The number of fused-ring (bicyclic) bond motifs is 1. The molecule has 0 radical (unpaired) electrons. The van der Waals surface area contributed by atoms with Gasteiger partial charge in [0, 0.05) is 20.3 Å². The number of rotatable bonds is 1. The molecule has 1 fully saturated rings. The molecule has 6 nitrogen and oxygen atoms in total. The third-order valence-electron chi connectivity index (χ3n) is 3.75. The first-order valence-electron chi connectivity index (χ1n) is 5.45. The lowest BCUT2D eigenvalue weighted by Crippen LogP contribution is -2.48. The van der Waals surface area contributed by atoms with Crippen molar-refractivity contribution in [3.05, 3.63) is 11.9 Å². The van der Waals surface area contributed by atoms with E-state index in [1.54, 1.807) is 13.2 Å². The third-order valence-corrected chi connectivity index (χ3v) is 3.75. The first-order chi connectivity index (χ1) is 7.97. The van der Waals surface area contributed by atoms with Gasteiger partial charge in [0.15, 0.2) is 5.69 Å². The summed E-state index contributed by atoms with van der Waals surface area (Å²) in [5, 5.41) is 11.9. The van der Waals surface area contributed by atoms with Gasteiger partial charge in [0.05, 0.1) is 11.4 Å². The minimum absolute atomic E-state index is 0.0961. The molecule has 1 aliphatic heterocycles. The van der Waals surface area contributed by atoms with Crippen LogP contribution in [0.5, 0.6) is 0 Å². The first-order valence-corrected chi connectivity index (χ1v) is 5.45. The second-order valence-electron chi connectivity index (χ2n) is 4.70. The van der Waals surface area contributed by atoms with E-state index in [9.17, 15) is 9.59 Å². The molecule has 6 heteroatoms. The average molecular weight is 235 g/mol. The summed E-state index contributed by atoms with van der Waals surface area (Å²) >= 11 is 0. The smallest absolute Gasteiger partial charge is 0.354 e. The Bertz CT molecular complexity index is 542. The normalized spacial score (nSPS) is 20.1. The first kappa shape index (κ1) is 10.2. The Morgan fingerprint density at radius 3 is 2.65 bits per heavy atom. The largest absolute Gasteiger partial charge is 0.477 e. The topological polar surface area (TPSA) is 74.6 Å². The quantitative estimate of drug-likeness (QED) is 0.749. The van der Waals surface area contributed by atoms with Crippen LogP contribution in [0.15, 0.2) is 6.20 Å². The molecule has 1 aliphatic carbocycles. The fourth-order valence-electron chi connectivity index (χ4n) is 2.54. The summed E-state index contributed by atoms with van der Waals surface area (Å²) in [6.07, 6.45) is 3.40. The molecule has 3 rings (SSSR count). The van der Waals surface area contributed by atoms with E-state index in [1.165, 1.54) is 4.57 Å². The Morgan fingerprint density at radius 2 is 2.12 bits per heavy atom. The molecule has 0 saturated heterocycles. The molecule has 1 saturated carbocycles. The number of nitrogens with zero attached hydrogens (tertiary/aromatic N) is 2. The minimum Gasteiger partial charge on any atom is -0.477 e. The van der Waals surface area contributed by atoms with E-state index in [4.69, 9.17) is 5.11 Å². The highest BCUT2D eigenvalue weighted by Crippen LogP contribution is 2.50. The van der Waals surface area contributed by atoms with Crippen LogP contribution in [0, 0.1) is 0 Å². The van der Waals surface area contributed by atoms with Crippen molar-refractivity contribution in [2.24, 2.45) is 7.05 Å². The van der Waals surface area contributed by atoms with Crippen LogP contribution >= 0.6 is 0 Å². The Labute approximate surface area is 97.8 Å². The van der Waals surface area contributed by atoms with Crippen LogP contribution in [0.4, 0.5) is 11.4 Å². The number of hydrogen-bond donors (Lipinski definition) is 2. The fourth-order valence-corrected chi connectivity index (χ4v) is 2.54. The van der Waals surface area contributed by atoms with E-state index in [0.29, 0.717) is 5.69 Å². The lowest BCUT2D eigenvalue weighted by Gasteiger charge is -2.33. The molecular formula is C11H13N3O3. The molecule has 1 spiro atoms. The number of amides is 1. The van der Waals surface area contributed by atoms with Crippen molar-refractivity contribution < 1.29 is 14.7 Å². The second-order valence-corrected chi connectivity index (χ2v) is 4.70. The number of carbonyl (C=O) groups is 2. The highest BCUT2D eigenvalue weighted by Gasteiger charge is 2.57. The van der Waals surface area contributed by atoms with Crippen LogP contribution in [0.1, 0.15) is 23.3 Å². The maximum atomic E-state index is 12.0. The highest BCUT2D eigenvalue weighted by molar-refractivity contribution is 6.12. The van der Waals surface area contributed by atoms with Crippen LogP contribution in [0.25, 0.3) is 0 Å². The van der Waals surface area contributed by atoms with Gasteiger partial charge >= 0.3 is 5.97 Å². The minimum atomic E-state index is -1.03. The number of aromatic carboxylic acids is 1. The van der Waals surface area contributed by atoms with Crippen LogP contribution in [0.2, 0.25) is 0 Å². The van der Waals surface area contributed by atoms with Crippen molar-refractivity contribution in [3.8, 4) is 0 Å². The number of carboxylic acids is 1. The van der Waals surface area contributed by atoms with Gasteiger partial charge in [0.1, 0.15) is 5.54 Å². The van der Waals surface area contributed by atoms with Crippen LogP contribution in [0.3, 0.4) is 0 Å². The number of likely N-dealkylation sites (N-methyl/N-ethyl adjacent to an activating group) is 1. The Morgan fingerprint density at radius 1 is 1.47 bits per heavy atom. The van der Waals surface area contributed by atoms with Crippen LogP contribution in [-0.2, 0) is 11.8 Å². The van der Waals surface area contributed by atoms with Gasteiger partial charge in [-0.15, -0.1) is 0 Å². The number of hydrogen-bond acceptors (Lipinski definition) is 3. The van der Waals surface area contributed by atoms with Gasteiger partial charge in [-0.3, -0.25) is 4.79 Å². The number of aryl methyl sites for hydroxylation is 1. The number of nitrogens with one attached hydrogen (secondary N) is 1. The lowest BCUT2D eigenvalue weighted by atomic mass is 10.1. The zero-order chi connectivity index (χ0) is 12.4. The molecule has 1 aromatic heterocycles. The van der Waals surface area contributed by atoms with Crippen LogP contribution < -0.4 is 10.2 Å². The number of carboxylic acid groups (broad SMARTS) is 1. The summed E-state index contributed by atoms with van der Waals surface area (Å²) in [5.41, 5.74) is 0.868. The molecule has 2 aliphatic rings. The molecule has 0 unspecified atom stereocenters. The standard InChI is InChI=1S/C11H13N3O3/c1-13-5-6-7(8(13)9(15)16)12-10(17)11(3-4-11)14(6)2/h5H,3-4H2,1-2H3,(H,12,17)(H,15,16). The van der Waals surface area contributed by atoms with E-state index in [1.807, 2.05) is 11.9 Å². The van der Waals surface area contributed by atoms with Gasteiger partial charge in [-0.2, -0.15) is 0 Å². The Balaban J connectivity index is 2.18. The monoisotopic (exact) mass is 235 g/mol. The third kappa shape index (κ3) is 1.09. The summed E-state index contributed by atoms with van der Waals surface area (Å²) < 4.78 is 1.53. The molecule has 0 bridgehead atoms. The van der Waals surface area contributed by atoms with Gasteiger partial charge in [-0.25, -0.2) is 4.79 Å². The predicted octanol–water partition coefficient (Wildman–Crippen LogP) is 0.644. The Hall–Kier alpha value is -1.98. The molecule has 1 aromatic rings. The van der Waals surface area contributed by atoms with Crippen molar-refractivity contribution in [1.29, 1.82) is 0 Å². The van der Waals surface area contributed by atoms with Gasteiger partial charge < -0.3 is 19.9 Å². The molecule has 0 aromatic carbocycles. The van der Waals surface area contributed by atoms with Crippen molar-refractivity contribution in [2.75, 3.05) is 17.3 Å². The zero-order valence-corrected chi connectivity index (χ0v) is 9.65. The summed E-state index contributed by atoms with van der Waals surface area (Å²) in [7, 11) is 3.51. The SMILES string of the molecule is CN1c2cn(C)c(C(=O)O)c2NC(=O)C12CC2. The number of carbonyl (C=O) groups excluding carboxylic acids is 1. The maximum Gasteiger partial charge on any atom is 0.354 e. The Kier molecular flexibility index (Phi) is 1.69. The molecule has 17 heavy (non-hydrogen) atoms. The molecular weight excluding hydrogens is 222 g/mol. The fraction of sp³-hybridized carbons (Fsp3) is 0.455. The molecule has 90 valence electrons. The molecule has 1 amide bonds. The summed E-state index contributed by atoms with van der Waals surface area (Å²) in [6, 6.07) is 0. The maximum absolute atomic E-state index is 12.0. The zero-order valence-electron chi connectivity index (χ0n) is 9.65. The molecule has 2 N–H and O–H groups in total. The molecule has 0 atom stereocenters. The molecule has 2 heterocycles. The van der Waals surface area contributed by atoms with Gasteiger partial charge in [0.25, 0.3) is 0 Å². The van der Waals surface area contributed by atoms with E-state index >= 15 is 0 Å². The van der Waals surface area contributed by atoms with E-state index in [-0.39, 0.29) is 11.6 Å². The van der Waals surface area contributed by atoms with Gasteiger partial charge in [-0.1, -0.05) is 0 Å². The average Bonchev–Trinajstić information content (AvgIpc) is 2.97. The summed E-state index contributed by atoms with van der Waals surface area (Å²) in [6.45, 7) is 0. The summed E-state index contributed by atoms with van der Waals surface area (Å²) in [4.78, 5) is 25.0. The lowest BCUT2D eigenvalue weighted by molar-refractivity contribution is -0.118. The van der Waals surface area contributed by atoms with Gasteiger partial charge in [-0.05, 0) is 12.8 Å². The van der Waals surface area contributed by atoms with Crippen LogP contribution in [-0.4, -0.2) is 34.1 Å². The predicted molar refractivity (Wildman–Crippen MR) is 61.4 cm³/mol.